The number of alkyl halides is 3. The van der Waals surface area contributed by atoms with Crippen LogP contribution in [0.15, 0.2) is 29.2 Å². The van der Waals surface area contributed by atoms with Crippen LogP contribution in [0.5, 0.6) is 0 Å². The number of piperidine rings is 1. The average molecular weight is 350 g/mol. The molecule has 0 atom stereocenters. The molecular weight excluding hydrogens is 329 g/mol. The van der Waals surface area contributed by atoms with E-state index in [1.165, 1.54) is 16.4 Å². The predicted molar refractivity (Wildman–Crippen MR) is 81.5 cm³/mol. The summed E-state index contributed by atoms with van der Waals surface area (Å²) in [4.78, 5) is -0.653. The third-order valence-corrected chi connectivity index (χ3v) is 5.95. The monoisotopic (exact) mass is 350 g/mol. The molecule has 130 valence electrons. The van der Waals surface area contributed by atoms with E-state index in [0.29, 0.717) is 32.4 Å². The molecule has 1 aliphatic rings. The number of nitrogens with zero attached hydrogens (tertiary/aromatic N) is 1. The quantitative estimate of drug-likeness (QED) is 0.888. The Morgan fingerprint density at radius 3 is 2.39 bits per heavy atom. The maximum Gasteiger partial charge on any atom is 0.417 e. The molecule has 1 N–H and O–H groups in total. The second-order valence-corrected chi connectivity index (χ2v) is 7.45. The summed E-state index contributed by atoms with van der Waals surface area (Å²) in [5.41, 5.74) is -1.10. The van der Waals surface area contributed by atoms with E-state index in [4.69, 9.17) is 0 Å². The molecule has 0 spiro atoms. The van der Waals surface area contributed by atoms with Gasteiger partial charge in [0.1, 0.15) is 0 Å². The van der Waals surface area contributed by atoms with E-state index in [9.17, 15) is 21.6 Å². The summed E-state index contributed by atoms with van der Waals surface area (Å²) in [7, 11) is -4.19. The molecule has 8 heteroatoms. The van der Waals surface area contributed by atoms with Crippen LogP contribution in [0.4, 0.5) is 13.2 Å². The lowest BCUT2D eigenvalue weighted by Crippen LogP contribution is -2.46. The number of halogens is 3. The van der Waals surface area contributed by atoms with Gasteiger partial charge in [-0.3, -0.25) is 0 Å². The van der Waals surface area contributed by atoms with Crippen LogP contribution in [0.1, 0.15) is 31.7 Å². The minimum Gasteiger partial charge on any atom is -0.317 e. The number of hydrogen-bond donors (Lipinski definition) is 1. The molecule has 1 aromatic carbocycles. The number of nitrogens with one attached hydrogen (secondary N) is 1. The Labute approximate surface area is 134 Å². The lowest BCUT2D eigenvalue weighted by Gasteiger charge is -2.34. The first-order chi connectivity index (χ1) is 10.8. The lowest BCUT2D eigenvalue weighted by molar-refractivity contribution is -0.139. The van der Waals surface area contributed by atoms with Crippen molar-refractivity contribution < 1.29 is 21.6 Å². The summed E-state index contributed by atoms with van der Waals surface area (Å²) < 4.78 is 66.6. The summed E-state index contributed by atoms with van der Waals surface area (Å²) in [6, 6.07) is 4.13. The van der Waals surface area contributed by atoms with Gasteiger partial charge in [-0.25, -0.2) is 8.42 Å². The number of benzene rings is 1. The van der Waals surface area contributed by atoms with E-state index >= 15 is 0 Å². The normalized spacial score (nSPS) is 17.6. The highest BCUT2D eigenvalue weighted by Gasteiger charge is 2.40. The van der Waals surface area contributed by atoms with Crippen LogP contribution in [-0.2, 0) is 16.2 Å². The molecule has 0 amide bonds. The van der Waals surface area contributed by atoms with E-state index in [0.717, 1.165) is 12.1 Å². The van der Waals surface area contributed by atoms with Crippen LogP contribution in [-0.4, -0.2) is 38.4 Å². The van der Waals surface area contributed by atoms with E-state index in [1.54, 1.807) is 0 Å². The Morgan fingerprint density at radius 1 is 1.22 bits per heavy atom. The SMILES string of the molecule is CCCN(C1CCNCC1)S(=O)(=O)c1ccccc1C(F)(F)F. The highest BCUT2D eigenvalue weighted by Crippen LogP contribution is 2.36. The highest BCUT2D eigenvalue weighted by atomic mass is 32.2. The van der Waals surface area contributed by atoms with Crippen LogP contribution in [0, 0.1) is 0 Å². The number of hydrogen-bond acceptors (Lipinski definition) is 3. The summed E-state index contributed by atoms with van der Waals surface area (Å²) in [5.74, 6) is 0. The molecule has 0 radical (unpaired) electrons. The van der Waals surface area contributed by atoms with Crippen molar-refractivity contribution in [2.75, 3.05) is 19.6 Å². The molecule has 2 rings (SSSR count). The Balaban J connectivity index is 2.46. The maximum absolute atomic E-state index is 13.2. The zero-order valence-electron chi connectivity index (χ0n) is 12.9. The molecule has 4 nitrogen and oxygen atoms in total. The van der Waals surface area contributed by atoms with Gasteiger partial charge in [-0.15, -0.1) is 0 Å². The van der Waals surface area contributed by atoms with E-state index in [-0.39, 0.29) is 12.6 Å². The summed E-state index contributed by atoms with van der Waals surface area (Å²) >= 11 is 0. The molecule has 1 saturated heterocycles. The van der Waals surface area contributed by atoms with Crippen molar-refractivity contribution in [2.45, 2.75) is 43.3 Å². The van der Waals surface area contributed by atoms with Gasteiger partial charge in [-0.2, -0.15) is 17.5 Å². The van der Waals surface area contributed by atoms with Gasteiger partial charge < -0.3 is 5.32 Å². The number of rotatable bonds is 5. The molecule has 0 aliphatic carbocycles. The maximum atomic E-state index is 13.2. The van der Waals surface area contributed by atoms with Crippen LogP contribution in [0.3, 0.4) is 0 Å². The van der Waals surface area contributed by atoms with Gasteiger partial charge in [0.25, 0.3) is 0 Å². The molecule has 1 heterocycles. The van der Waals surface area contributed by atoms with Crippen molar-refractivity contribution in [2.24, 2.45) is 0 Å². The van der Waals surface area contributed by atoms with Crippen molar-refractivity contribution in [3.8, 4) is 0 Å². The first-order valence-corrected chi connectivity index (χ1v) is 9.11. The Hall–Kier alpha value is -1.12. The standard InChI is InChI=1S/C15H21F3N2O2S/c1-2-11-20(12-7-9-19-10-8-12)23(21,22)14-6-4-3-5-13(14)15(16,17)18/h3-6,12,19H,2,7-11H2,1H3. The van der Waals surface area contributed by atoms with Crippen LogP contribution in [0.2, 0.25) is 0 Å². The first kappa shape index (κ1) is 18.2. The minimum atomic E-state index is -4.70. The third-order valence-electron chi connectivity index (χ3n) is 3.94. The van der Waals surface area contributed by atoms with Crippen molar-refractivity contribution in [3.05, 3.63) is 29.8 Å². The second-order valence-electron chi connectivity index (χ2n) is 5.59. The van der Waals surface area contributed by atoms with Gasteiger partial charge in [-0.1, -0.05) is 19.1 Å². The van der Waals surface area contributed by atoms with Crippen LogP contribution in [0.25, 0.3) is 0 Å². The largest absolute Gasteiger partial charge is 0.417 e. The molecular formula is C15H21F3N2O2S. The first-order valence-electron chi connectivity index (χ1n) is 7.67. The van der Waals surface area contributed by atoms with Gasteiger partial charge in [0.15, 0.2) is 0 Å². The van der Waals surface area contributed by atoms with Crippen LogP contribution < -0.4 is 5.32 Å². The van der Waals surface area contributed by atoms with Crippen molar-refractivity contribution in [1.82, 2.24) is 9.62 Å². The summed E-state index contributed by atoms with van der Waals surface area (Å²) in [6.45, 7) is 3.38. The van der Waals surface area contributed by atoms with Gasteiger partial charge in [-0.05, 0) is 44.5 Å². The molecule has 23 heavy (non-hydrogen) atoms. The van der Waals surface area contributed by atoms with Crippen molar-refractivity contribution in [1.29, 1.82) is 0 Å². The fraction of sp³-hybridized carbons (Fsp3) is 0.600. The Morgan fingerprint density at radius 2 is 1.83 bits per heavy atom. The van der Waals surface area contributed by atoms with Crippen molar-refractivity contribution in [3.63, 3.8) is 0 Å². The Kier molecular flexibility index (Phi) is 5.70. The lowest BCUT2D eigenvalue weighted by atomic mass is 10.1. The topological polar surface area (TPSA) is 49.4 Å². The third kappa shape index (κ3) is 4.05. The zero-order chi connectivity index (χ0) is 17.1. The predicted octanol–water partition coefficient (Wildman–Crippen LogP) is 2.86. The molecule has 0 unspecified atom stereocenters. The summed E-state index contributed by atoms with van der Waals surface area (Å²) in [5, 5.41) is 3.14. The van der Waals surface area contributed by atoms with E-state index in [1.807, 2.05) is 6.92 Å². The van der Waals surface area contributed by atoms with E-state index in [2.05, 4.69) is 5.32 Å². The summed E-state index contributed by atoms with van der Waals surface area (Å²) in [6.07, 6.45) is -2.94. The zero-order valence-corrected chi connectivity index (χ0v) is 13.8. The average Bonchev–Trinajstić information content (AvgIpc) is 2.52. The van der Waals surface area contributed by atoms with Gasteiger partial charge in [0.2, 0.25) is 10.0 Å². The number of sulfonamides is 1. The fourth-order valence-electron chi connectivity index (χ4n) is 2.87. The van der Waals surface area contributed by atoms with Crippen molar-refractivity contribution >= 4 is 10.0 Å². The Bertz CT molecular complexity index is 626. The molecule has 0 saturated carbocycles. The van der Waals surface area contributed by atoms with Gasteiger partial charge in [0.05, 0.1) is 10.5 Å². The molecule has 1 fully saturated rings. The molecule has 1 aliphatic heterocycles. The van der Waals surface area contributed by atoms with Gasteiger partial charge >= 0.3 is 6.18 Å². The highest BCUT2D eigenvalue weighted by molar-refractivity contribution is 7.89. The fourth-order valence-corrected chi connectivity index (χ4v) is 4.86. The minimum absolute atomic E-state index is 0.221. The molecule has 0 bridgehead atoms. The molecule has 0 aromatic heterocycles. The second kappa shape index (κ2) is 7.19. The van der Waals surface area contributed by atoms with E-state index < -0.39 is 26.7 Å². The van der Waals surface area contributed by atoms with Gasteiger partial charge in [0, 0.05) is 12.6 Å². The van der Waals surface area contributed by atoms with Crippen LogP contribution >= 0.6 is 0 Å². The molecule has 1 aromatic rings. The smallest absolute Gasteiger partial charge is 0.317 e.